The average Bonchev–Trinajstić information content (AvgIpc) is 2.83. The second-order valence-electron chi connectivity index (χ2n) is 9.01. The quantitative estimate of drug-likeness (QED) is 0.327. The Bertz CT molecular complexity index is 1410. The minimum atomic E-state index is -2.79. The molecule has 3 heterocycles. The molecule has 1 aromatic carbocycles. The van der Waals surface area contributed by atoms with Gasteiger partial charge in [-0.2, -0.15) is 4.98 Å². The van der Waals surface area contributed by atoms with Crippen molar-refractivity contribution < 1.29 is 23.0 Å². The third-order valence-electron chi connectivity index (χ3n) is 5.53. The molecule has 4 aromatic rings. The van der Waals surface area contributed by atoms with E-state index < -0.39 is 23.5 Å². The van der Waals surface area contributed by atoms with E-state index in [1.54, 1.807) is 45.0 Å². The molecule has 0 unspecified atom stereocenters. The number of rotatable bonds is 8. The summed E-state index contributed by atoms with van der Waals surface area (Å²) in [5.74, 6) is -0.458. The number of alkyl halides is 2. The van der Waals surface area contributed by atoms with Gasteiger partial charge in [0.1, 0.15) is 17.1 Å². The predicted octanol–water partition coefficient (Wildman–Crippen LogP) is 5.42. The monoisotopic (exact) mass is 509 g/mol. The van der Waals surface area contributed by atoms with Gasteiger partial charge in [0.25, 0.3) is 6.43 Å². The molecule has 0 fully saturated rings. The lowest BCUT2D eigenvalue weighted by Crippen LogP contribution is -2.18. The second-order valence-corrected chi connectivity index (χ2v) is 9.01. The van der Waals surface area contributed by atoms with Crippen LogP contribution in [0.25, 0.3) is 22.4 Å². The lowest BCUT2D eigenvalue weighted by atomic mass is 9.99. The van der Waals surface area contributed by atoms with Crippen molar-refractivity contribution in [3.63, 3.8) is 0 Å². The van der Waals surface area contributed by atoms with Crippen molar-refractivity contribution in [1.82, 2.24) is 19.9 Å². The fourth-order valence-corrected chi connectivity index (χ4v) is 3.80. The number of halogens is 3. The van der Waals surface area contributed by atoms with Gasteiger partial charge in [0.2, 0.25) is 11.8 Å². The number of nitrogens with two attached hydrogens (primary N) is 1. The fourth-order valence-electron chi connectivity index (χ4n) is 3.80. The van der Waals surface area contributed by atoms with Crippen LogP contribution >= 0.6 is 0 Å². The highest BCUT2D eigenvalue weighted by atomic mass is 19.3. The molecule has 0 spiro atoms. The Morgan fingerprint density at radius 2 is 1.70 bits per heavy atom. The molecule has 0 aliphatic heterocycles. The summed E-state index contributed by atoms with van der Waals surface area (Å²) < 4.78 is 46.8. The maximum absolute atomic E-state index is 13.6. The molecule has 0 bridgehead atoms. The third-order valence-corrected chi connectivity index (χ3v) is 5.53. The first-order chi connectivity index (χ1) is 17.5. The van der Waals surface area contributed by atoms with E-state index in [1.165, 1.54) is 30.3 Å². The van der Waals surface area contributed by atoms with E-state index >= 15 is 0 Å². The van der Waals surface area contributed by atoms with Gasteiger partial charge in [0.05, 0.1) is 23.6 Å². The Morgan fingerprint density at radius 1 is 0.973 bits per heavy atom. The topological polar surface area (TPSA) is 107 Å². The highest BCUT2D eigenvalue weighted by Crippen LogP contribution is 2.39. The largest absolute Gasteiger partial charge is 0.477 e. The van der Waals surface area contributed by atoms with Gasteiger partial charge in [0.15, 0.2) is 0 Å². The van der Waals surface area contributed by atoms with Gasteiger partial charge in [-0.3, -0.25) is 9.97 Å². The van der Waals surface area contributed by atoms with Crippen LogP contribution in [0.3, 0.4) is 0 Å². The summed E-state index contributed by atoms with van der Waals surface area (Å²) in [5.41, 5.74) is 7.53. The molecule has 0 amide bonds. The zero-order valence-electron chi connectivity index (χ0n) is 20.5. The van der Waals surface area contributed by atoms with Crippen LogP contribution in [-0.4, -0.2) is 31.6 Å². The van der Waals surface area contributed by atoms with Gasteiger partial charge in [0, 0.05) is 23.4 Å². The number of anilines is 1. The lowest BCUT2D eigenvalue weighted by molar-refractivity contribution is 0.0736. The summed E-state index contributed by atoms with van der Waals surface area (Å²) in [6, 6.07) is 13.8. The molecule has 37 heavy (non-hydrogen) atoms. The zero-order chi connectivity index (χ0) is 26.7. The summed E-state index contributed by atoms with van der Waals surface area (Å²) in [4.78, 5) is 17.0. The number of hydrogen-bond acceptors (Lipinski definition) is 7. The molecule has 3 N–H and O–H groups in total. The van der Waals surface area contributed by atoms with Crippen LogP contribution in [0.1, 0.15) is 43.0 Å². The van der Waals surface area contributed by atoms with Crippen molar-refractivity contribution in [2.75, 3.05) is 12.3 Å². The van der Waals surface area contributed by atoms with Crippen molar-refractivity contribution in [1.29, 1.82) is 0 Å². The van der Waals surface area contributed by atoms with Crippen LogP contribution in [0.4, 0.5) is 19.1 Å². The Morgan fingerprint density at radius 3 is 2.38 bits per heavy atom. The van der Waals surface area contributed by atoms with E-state index in [2.05, 4.69) is 19.9 Å². The van der Waals surface area contributed by atoms with E-state index in [0.29, 0.717) is 45.9 Å². The molecule has 4 rings (SSSR count). The minimum absolute atomic E-state index is 0.0799. The molecule has 0 aliphatic rings. The molecule has 192 valence electrons. The number of hydrogen-bond donors (Lipinski definition) is 2. The standard InChI is InChI=1S/C27H26F3N5O2/c1-15-13-17(14-20(32-15)24(29)30)22-23(16-7-9-18(28)10-8-16)34-26(31)35-25(22)37-12-11-19-5-4-6-21(33-19)27(2,3)36/h4-10,13-14,24,36H,11-12H2,1-3H3,(H2,31,34,35). The predicted molar refractivity (Wildman–Crippen MR) is 133 cm³/mol. The molecule has 0 atom stereocenters. The van der Waals surface area contributed by atoms with E-state index in [9.17, 15) is 18.3 Å². The smallest absolute Gasteiger partial charge is 0.280 e. The molecule has 0 aliphatic carbocycles. The van der Waals surface area contributed by atoms with Crippen molar-refractivity contribution in [3.8, 4) is 28.3 Å². The van der Waals surface area contributed by atoms with E-state index in [0.717, 1.165) is 0 Å². The molecular weight excluding hydrogens is 483 g/mol. The number of pyridine rings is 2. The van der Waals surface area contributed by atoms with Crippen molar-refractivity contribution in [2.24, 2.45) is 0 Å². The summed E-state index contributed by atoms with van der Waals surface area (Å²) >= 11 is 0. The Hall–Kier alpha value is -4.05. The summed E-state index contributed by atoms with van der Waals surface area (Å²) in [7, 11) is 0. The van der Waals surface area contributed by atoms with Crippen LogP contribution in [0.2, 0.25) is 0 Å². The number of benzene rings is 1. The maximum atomic E-state index is 13.6. The van der Waals surface area contributed by atoms with Crippen LogP contribution in [0.15, 0.2) is 54.6 Å². The normalized spacial score (nSPS) is 11.7. The van der Waals surface area contributed by atoms with E-state index in [1.807, 2.05) is 0 Å². The molecule has 7 nitrogen and oxygen atoms in total. The Kier molecular flexibility index (Phi) is 7.40. The van der Waals surface area contributed by atoms with Gasteiger partial charge in [-0.25, -0.2) is 18.2 Å². The summed E-state index contributed by atoms with van der Waals surface area (Å²) in [5, 5.41) is 10.2. The van der Waals surface area contributed by atoms with E-state index in [4.69, 9.17) is 10.5 Å². The van der Waals surface area contributed by atoms with Crippen molar-refractivity contribution in [2.45, 2.75) is 39.2 Å². The SMILES string of the molecule is Cc1cc(-c2c(OCCc3cccc(C(C)(C)O)n3)nc(N)nc2-c2ccc(F)cc2)cc(C(F)F)n1. The van der Waals surface area contributed by atoms with Crippen LogP contribution < -0.4 is 10.5 Å². The average molecular weight is 510 g/mol. The molecule has 3 aromatic heterocycles. The molecular formula is C27H26F3N5O2. The molecule has 10 heteroatoms. The van der Waals surface area contributed by atoms with Crippen LogP contribution in [0, 0.1) is 12.7 Å². The first-order valence-corrected chi connectivity index (χ1v) is 11.5. The van der Waals surface area contributed by atoms with Gasteiger partial charge >= 0.3 is 0 Å². The number of nitrogen functional groups attached to an aromatic ring is 1. The Labute approximate surface area is 212 Å². The van der Waals surface area contributed by atoms with Crippen LogP contribution in [-0.2, 0) is 12.0 Å². The number of ether oxygens (including phenoxy) is 1. The Balaban J connectivity index is 1.76. The summed E-state index contributed by atoms with van der Waals surface area (Å²) in [6.45, 7) is 5.02. The van der Waals surface area contributed by atoms with Crippen molar-refractivity contribution in [3.05, 3.63) is 83.2 Å². The number of aryl methyl sites for hydroxylation is 1. The lowest BCUT2D eigenvalue weighted by Gasteiger charge is -2.18. The maximum Gasteiger partial charge on any atom is 0.280 e. The second kappa shape index (κ2) is 10.5. The van der Waals surface area contributed by atoms with Gasteiger partial charge in [-0.1, -0.05) is 6.07 Å². The first-order valence-electron chi connectivity index (χ1n) is 11.5. The highest BCUT2D eigenvalue weighted by molar-refractivity contribution is 5.85. The minimum Gasteiger partial charge on any atom is -0.477 e. The molecule has 0 saturated carbocycles. The zero-order valence-corrected chi connectivity index (χ0v) is 20.5. The number of aromatic nitrogens is 4. The van der Waals surface area contributed by atoms with E-state index in [-0.39, 0.29) is 18.4 Å². The van der Waals surface area contributed by atoms with Gasteiger partial charge < -0.3 is 15.6 Å². The summed E-state index contributed by atoms with van der Waals surface area (Å²) in [6.07, 6.45) is -2.42. The van der Waals surface area contributed by atoms with Crippen LogP contribution in [0.5, 0.6) is 5.88 Å². The number of aliphatic hydroxyl groups is 1. The fraction of sp³-hybridized carbons (Fsp3) is 0.259. The third kappa shape index (κ3) is 6.21. The van der Waals surface area contributed by atoms with Crippen molar-refractivity contribution >= 4 is 5.95 Å². The van der Waals surface area contributed by atoms with Gasteiger partial charge in [-0.15, -0.1) is 0 Å². The highest BCUT2D eigenvalue weighted by Gasteiger charge is 2.22. The molecule has 0 saturated heterocycles. The molecule has 0 radical (unpaired) electrons. The number of nitrogens with zero attached hydrogens (tertiary/aromatic N) is 4. The van der Waals surface area contributed by atoms with Gasteiger partial charge in [-0.05, 0) is 74.9 Å². The first kappa shape index (κ1) is 26.0.